The second-order valence-electron chi connectivity index (χ2n) is 4.44. The number of benzene rings is 1. The number of carboxylic acids is 1. The molecule has 2 N–H and O–H groups in total. The van der Waals surface area contributed by atoms with Crippen LogP contribution in [0.5, 0.6) is 0 Å². The molecule has 0 fully saturated rings. The highest BCUT2D eigenvalue weighted by Crippen LogP contribution is 2.32. The molecule has 1 aromatic carbocycles. The van der Waals surface area contributed by atoms with Gasteiger partial charge >= 0.3 is 12.1 Å². The Morgan fingerprint density at radius 1 is 1.36 bits per heavy atom. The fourth-order valence-corrected chi connectivity index (χ4v) is 2.90. The van der Waals surface area contributed by atoms with Crippen LogP contribution in [0, 0.1) is 5.82 Å². The number of nitrogens with one attached hydrogen (secondary N) is 1. The van der Waals surface area contributed by atoms with Gasteiger partial charge in [0.1, 0.15) is 11.9 Å². The summed E-state index contributed by atoms with van der Waals surface area (Å²) >= 11 is 0. The minimum Gasteiger partial charge on any atom is -0.480 e. The molecule has 5 nitrogen and oxygen atoms in total. The molecule has 10 heteroatoms. The smallest absolute Gasteiger partial charge is 0.419 e. The molecule has 0 saturated carbocycles. The summed E-state index contributed by atoms with van der Waals surface area (Å²) in [5.41, 5.74) is -1.60. The molecule has 0 aromatic heterocycles. The second-order valence-corrected chi connectivity index (χ2v) is 6.15. The van der Waals surface area contributed by atoms with Gasteiger partial charge in [0.25, 0.3) is 0 Å². The molecule has 0 heterocycles. The maximum absolute atomic E-state index is 13.4. The van der Waals surface area contributed by atoms with Crippen LogP contribution in [-0.4, -0.2) is 25.5 Å². The summed E-state index contributed by atoms with van der Waals surface area (Å²) in [4.78, 5) is 10.1. The Hall–Kier alpha value is -1.68. The Labute approximate surface area is 124 Å². The summed E-state index contributed by atoms with van der Waals surface area (Å²) in [6.45, 7) is 1.63. The number of aliphatic carboxylic acids is 1. The standard InChI is InChI=1S/C12H13F4NO4S/c1-2-3-10(11(18)19)17-22(20,21)7-4-5-8(9(13)6-7)12(14,15)16/h4-6,10,17H,2-3H2,1H3,(H,18,19). The van der Waals surface area contributed by atoms with Crippen LogP contribution >= 0.6 is 0 Å². The zero-order chi connectivity index (χ0) is 17.1. The fourth-order valence-electron chi connectivity index (χ4n) is 1.67. The lowest BCUT2D eigenvalue weighted by Crippen LogP contribution is -2.40. The number of halogens is 4. The number of hydrogen-bond donors (Lipinski definition) is 2. The zero-order valence-corrected chi connectivity index (χ0v) is 12.1. The van der Waals surface area contributed by atoms with Crippen LogP contribution in [0.15, 0.2) is 23.1 Å². The van der Waals surface area contributed by atoms with Crippen LogP contribution in [0.2, 0.25) is 0 Å². The van der Waals surface area contributed by atoms with Crippen LogP contribution in [-0.2, 0) is 21.0 Å². The average Bonchev–Trinajstić information content (AvgIpc) is 2.36. The molecule has 22 heavy (non-hydrogen) atoms. The maximum atomic E-state index is 13.4. The van der Waals surface area contributed by atoms with Gasteiger partial charge in [0.2, 0.25) is 10.0 Å². The van der Waals surface area contributed by atoms with Crippen LogP contribution in [0.1, 0.15) is 25.3 Å². The number of carboxylic acid groups (broad SMARTS) is 1. The van der Waals surface area contributed by atoms with Crippen molar-refractivity contribution in [1.29, 1.82) is 0 Å². The first kappa shape index (κ1) is 18.4. The van der Waals surface area contributed by atoms with Crippen molar-refractivity contribution < 1.29 is 35.9 Å². The van der Waals surface area contributed by atoms with Crippen LogP contribution in [0.3, 0.4) is 0 Å². The van der Waals surface area contributed by atoms with Crippen LogP contribution in [0.4, 0.5) is 17.6 Å². The van der Waals surface area contributed by atoms with E-state index in [2.05, 4.69) is 0 Å². The predicted octanol–water partition coefficient (Wildman–Crippen LogP) is 2.38. The second kappa shape index (κ2) is 6.61. The Morgan fingerprint density at radius 3 is 2.36 bits per heavy atom. The Morgan fingerprint density at radius 2 is 1.95 bits per heavy atom. The van der Waals surface area contributed by atoms with Gasteiger partial charge in [-0.15, -0.1) is 0 Å². The molecule has 1 unspecified atom stereocenters. The van der Waals surface area contributed by atoms with E-state index >= 15 is 0 Å². The lowest BCUT2D eigenvalue weighted by molar-refractivity contribution is -0.140. The topological polar surface area (TPSA) is 83.5 Å². The van der Waals surface area contributed by atoms with Gasteiger partial charge in [-0.05, 0) is 24.6 Å². The van der Waals surface area contributed by atoms with E-state index in [0.29, 0.717) is 18.6 Å². The lowest BCUT2D eigenvalue weighted by Gasteiger charge is -2.15. The summed E-state index contributed by atoms with van der Waals surface area (Å²) in [6, 6.07) is -0.380. The molecule has 0 bridgehead atoms. The zero-order valence-electron chi connectivity index (χ0n) is 11.3. The van der Waals surface area contributed by atoms with Crippen molar-refractivity contribution in [2.45, 2.75) is 36.9 Å². The minimum absolute atomic E-state index is 0.0162. The Kier molecular flexibility index (Phi) is 5.52. The van der Waals surface area contributed by atoms with Crippen molar-refractivity contribution >= 4 is 16.0 Å². The van der Waals surface area contributed by atoms with E-state index in [9.17, 15) is 30.8 Å². The largest absolute Gasteiger partial charge is 0.480 e. The molecule has 0 aliphatic carbocycles. The fraction of sp³-hybridized carbons (Fsp3) is 0.417. The molecule has 0 amide bonds. The first-order valence-corrected chi connectivity index (χ1v) is 7.59. The van der Waals surface area contributed by atoms with Crippen molar-refractivity contribution in [3.8, 4) is 0 Å². The molecule has 1 aromatic rings. The van der Waals surface area contributed by atoms with E-state index in [-0.39, 0.29) is 12.5 Å². The van der Waals surface area contributed by atoms with E-state index in [1.54, 1.807) is 6.92 Å². The molecule has 0 aliphatic heterocycles. The van der Waals surface area contributed by atoms with Gasteiger partial charge < -0.3 is 5.11 Å². The summed E-state index contributed by atoms with van der Waals surface area (Å²) in [6.07, 6.45) is -4.61. The highest BCUT2D eigenvalue weighted by Gasteiger charge is 2.35. The van der Waals surface area contributed by atoms with Gasteiger partial charge in [0.15, 0.2) is 0 Å². The van der Waals surface area contributed by atoms with Crippen molar-refractivity contribution in [2.24, 2.45) is 0 Å². The number of sulfonamides is 1. The summed E-state index contributed by atoms with van der Waals surface area (Å²) in [5.74, 6) is -3.18. The van der Waals surface area contributed by atoms with Gasteiger partial charge in [-0.1, -0.05) is 13.3 Å². The van der Waals surface area contributed by atoms with Crippen molar-refractivity contribution in [3.05, 3.63) is 29.6 Å². The van der Waals surface area contributed by atoms with Crippen molar-refractivity contribution in [2.75, 3.05) is 0 Å². The lowest BCUT2D eigenvalue weighted by atomic mass is 10.2. The predicted molar refractivity (Wildman–Crippen MR) is 68.1 cm³/mol. The van der Waals surface area contributed by atoms with Gasteiger partial charge in [-0.2, -0.15) is 17.9 Å². The van der Waals surface area contributed by atoms with E-state index in [0.717, 1.165) is 0 Å². The molecule has 0 saturated heterocycles. The quantitative estimate of drug-likeness (QED) is 0.777. The number of alkyl halides is 3. The number of hydrogen-bond acceptors (Lipinski definition) is 3. The third-order valence-electron chi connectivity index (χ3n) is 2.73. The monoisotopic (exact) mass is 343 g/mol. The van der Waals surface area contributed by atoms with Gasteiger partial charge in [0.05, 0.1) is 10.5 Å². The van der Waals surface area contributed by atoms with Gasteiger partial charge in [0, 0.05) is 0 Å². The van der Waals surface area contributed by atoms with E-state index in [1.807, 2.05) is 4.72 Å². The minimum atomic E-state index is -4.95. The van der Waals surface area contributed by atoms with Crippen molar-refractivity contribution in [1.82, 2.24) is 4.72 Å². The summed E-state index contributed by atoms with van der Waals surface area (Å²) in [7, 11) is -4.45. The normalized spacial score (nSPS) is 13.9. The van der Waals surface area contributed by atoms with Gasteiger partial charge in [-0.25, -0.2) is 12.8 Å². The molecule has 1 atom stereocenters. The molecule has 124 valence electrons. The first-order valence-electron chi connectivity index (χ1n) is 6.11. The highest BCUT2D eigenvalue weighted by atomic mass is 32.2. The third-order valence-corrected chi connectivity index (χ3v) is 4.20. The Bertz CT molecular complexity index is 658. The first-order chi connectivity index (χ1) is 9.99. The third kappa shape index (κ3) is 4.41. The van der Waals surface area contributed by atoms with Crippen molar-refractivity contribution in [3.63, 3.8) is 0 Å². The van der Waals surface area contributed by atoms with E-state index in [1.165, 1.54) is 0 Å². The summed E-state index contributed by atoms with van der Waals surface area (Å²) in [5, 5.41) is 8.87. The SMILES string of the molecule is CCCC(NS(=O)(=O)c1ccc(C(F)(F)F)c(F)c1)C(=O)O. The summed E-state index contributed by atoms with van der Waals surface area (Å²) < 4.78 is 76.3. The molecular formula is C12H13F4NO4S. The highest BCUT2D eigenvalue weighted by molar-refractivity contribution is 7.89. The van der Waals surface area contributed by atoms with E-state index in [4.69, 9.17) is 5.11 Å². The molecular weight excluding hydrogens is 330 g/mol. The number of rotatable bonds is 6. The molecule has 1 rings (SSSR count). The molecule has 0 aliphatic rings. The molecule has 0 radical (unpaired) electrons. The van der Waals surface area contributed by atoms with E-state index < -0.39 is 44.5 Å². The van der Waals surface area contributed by atoms with Gasteiger partial charge in [-0.3, -0.25) is 4.79 Å². The Balaban J connectivity index is 3.13. The maximum Gasteiger partial charge on any atom is 0.419 e. The van der Waals surface area contributed by atoms with Crippen LogP contribution in [0.25, 0.3) is 0 Å². The van der Waals surface area contributed by atoms with Crippen LogP contribution < -0.4 is 4.72 Å². The average molecular weight is 343 g/mol. The molecule has 0 spiro atoms. The number of carbonyl (C=O) groups is 1.